The Kier molecular flexibility index (Phi) is 12.2. The van der Waals surface area contributed by atoms with Crippen molar-refractivity contribution in [3.8, 4) is 29.7 Å². The molecule has 0 radical (unpaired) electrons. The number of hydrogen-bond donors (Lipinski definition) is 0. The molecule has 0 unspecified atom stereocenters. The van der Waals surface area contributed by atoms with Gasteiger partial charge in [0.15, 0.2) is 0 Å². The fraction of sp³-hybridized carbons (Fsp3) is 0.163. The number of fused-ring (bicyclic) bond motifs is 2. The van der Waals surface area contributed by atoms with Gasteiger partial charge in [0.05, 0.1) is 60.2 Å². The number of carbonyl (C=O) groups excluding carboxylic acids is 2. The molecule has 0 aliphatic rings. The van der Waals surface area contributed by atoms with Gasteiger partial charge in [-0.1, -0.05) is 52.6 Å². The number of methoxy groups -OCH3 is 2. The van der Waals surface area contributed by atoms with Crippen molar-refractivity contribution >= 4 is 88.8 Å². The van der Waals surface area contributed by atoms with E-state index in [0.717, 1.165) is 30.8 Å². The molecule has 0 atom stereocenters. The Hall–Kier alpha value is -6.26. The quantitative estimate of drug-likeness (QED) is 0.150. The van der Waals surface area contributed by atoms with Crippen molar-refractivity contribution in [3.05, 3.63) is 122 Å². The molecule has 0 aliphatic carbocycles. The van der Waals surface area contributed by atoms with Gasteiger partial charge in [-0.25, -0.2) is 0 Å². The molecule has 55 heavy (non-hydrogen) atoms. The number of benzene rings is 3. The van der Waals surface area contributed by atoms with E-state index < -0.39 is 5.41 Å². The highest BCUT2D eigenvalue weighted by molar-refractivity contribution is 9.10. The van der Waals surface area contributed by atoms with Crippen LogP contribution in [0.5, 0.6) is 11.5 Å². The van der Waals surface area contributed by atoms with E-state index in [2.05, 4.69) is 55.1 Å². The molecule has 0 aliphatic heterocycles. The second-order valence-electron chi connectivity index (χ2n) is 13.2. The number of ether oxygens (including phenoxy) is 2. The summed E-state index contributed by atoms with van der Waals surface area (Å²) >= 11 is 6.93. The second-order valence-corrected chi connectivity index (χ2v) is 15.1. The highest BCUT2D eigenvalue weighted by Gasteiger charge is 2.26. The zero-order valence-electron chi connectivity index (χ0n) is 30.8. The van der Waals surface area contributed by atoms with Gasteiger partial charge in [0.1, 0.15) is 11.5 Å². The molecule has 0 bridgehead atoms. The Morgan fingerprint density at radius 3 is 1.78 bits per heavy atom. The zero-order valence-corrected chi connectivity index (χ0v) is 34.0. The van der Waals surface area contributed by atoms with Crippen LogP contribution in [0.4, 0.5) is 0 Å². The number of halogens is 2. The summed E-state index contributed by atoms with van der Waals surface area (Å²) in [5.74, 6) is 0.994. The Balaban J connectivity index is 0.000000211. The first kappa shape index (κ1) is 39.9. The van der Waals surface area contributed by atoms with Crippen molar-refractivity contribution in [1.82, 2.24) is 14.1 Å². The Bertz CT molecular complexity index is 2680. The molecule has 6 aromatic rings. The predicted octanol–water partition coefficient (Wildman–Crippen LogP) is 10.6. The van der Waals surface area contributed by atoms with E-state index in [1.165, 1.54) is 18.6 Å². The molecule has 0 fully saturated rings. The minimum absolute atomic E-state index is 0.0395. The van der Waals surface area contributed by atoms with Crippen molar-refractivity contribution in [3.63, 3.8) is 0 Å². The van der Waals surface area contributed by atoms with Crippen LogP contribution in [-0.2, 0) is 0 Å². The minimum Gasteiger partial charge on any atom is -0.496 e. The molecule has 3 aromatic heterocycles. The third-order valence-corrected chi connectivity index (χ3v) is 9.53. The molecule has 0 amide bonds. The highest BCUT2D eigenvalue weighted by atomic mass is 79.9. The van der Waals surface area contributed by atoms with E-state index in [0.29, 0.717) is 50.5 Å². The zero-order chi connectivity index (χ0) is 40.0. The number of aromatic nitrogens is 3. The SMILES string of the molecule is COc1ccc(C#N)cc1/C=C(\C#N)c1cn(C(C)=O)c2ccc(Br)cc12.COc1ccncc1/C=C(\C#N)c1cn(C(=O)C(C)(C)C)c2ccc(Br)cc12. The van der Waals surface area contributed by atoms with Crippen LogP contribution in [0.15, 0.2) is 94.4 Å². The number of hydrogen-bond acceptors (Lipinski definition) is 8. The summed E-state index contributed by atoms with van der Waals surface area (Å²) in [5, 5.41) is 30.4. The average molecular weight is 859 g/mol. The monoisotopic (exact) mass is 856 g/mol. The molecule has 6 rings (SSSR count). The summed E-state index contributed by atoms with van der Waals surface area (Å²) in [5.41, 5.74) is 4.81. The maximum Gasteiger partial charge on any atom is 0.236 e. The van der Waals surface area contributed by atoms with E-state index in [9.17, 15) is 20.1 Å². The first-order valence-corrected chi connectivity index (χ1v) is 18.3. The van der Waals surface area contributed by atoms with Gasteiger partial charge < -0.3 is 9.47 Å². The summed E-state index contributed by atoms with van der Waals surface area (Å²) < 4.78 is 15.6. The Morgan fingerprint density at radius 2 is 1.27 bits per heavy atom. The first-order valence-electron chi connectivity index (χ1n) is 16.7. The van der Waals surface area contributed by atoms with Crippen molar-refractivity contribution < 1.29 is 19.1 Å². The summed E-state index contributed by atoms with van der Waals surface area (Å²) in [4.78, 5) is 29.1. The molecule has 12 heteroatoms. The molecule has 0 spiro atoms. The first-order chi connectivity index (χ1) is 26.2. The van der Waals surface area contributed by atoms with Crippen LogP contribution in [0.1, 0.15) is 65.1 Å². The summed E-state index contributed by atoms with van der Waals surface area (Å²) in [6.45, 7) is 7.10. The summed E-state index contributed by atoms with van der Waals surface area (Å²) in [7, 11) is 3.10. The van der Waals surface area contributed by atoms with Gasteiger partial charge in [-0.15, -0.1) is 0 Å². The van der Waals surface area contributed by atoms with Gasteiger partial charge in [0.25, 0.3) is 0 Å². The van der Waals surface area contributed by atoms with Crippen LogP contribution < -0.4 is 9.47 Å². The molecule has 274 valence electrons. The van der Waals surface area contributed by atoms with Crippen LogP contribution >= 0.6 is 31.9 Å². The van der Waals surface area contributed by atoms with Gasteiger partial charge in [-0.2, -0.15) is 15.8 Å². The topological polar surface area (TPSA) is 147 Å². The minimum atomic E-state index is -0.556. The highest BCUT2D eigenvalue weighted by Crippen LogP contribution is 2.35. The van der Waals surface area contributed by atoms with Crippen molar-refractivity contribution in [2.24, 2.45) is 5.41 Å². The lowest BCUT2D eigenvalue weighted by Gasteiger charge is -2.17. The number of pyridine rings is 1. The van der Waals surface area contributed by atoms with Crippen molar-refractivity contribution in [1.29, 1.82) is 15.8 Å². The number of nitriles is 3. The van der Waals surface area contributed by atoms with Gasteiger partial charge in [0.2, 0.25) is 11.8 Å². The Labute approximate surface area is 335 Å². The van der Waals surface area contributed by atoms with Crippen LogP contribution in [0.3, 0.4) is 0 Å². The molecule has 3 aromatic carbocycles. The second kappa shape index (κ2) is 16.8. The van der Waals surface area contributed by atoms with E-state index in [4.69, 9.17) is 14.7 Å². The van der Waals surface area contributed by atoms with Crippen LogP contribution in [0.2, 0.25) is 0 Å². The van der Waals surface area contributed by atoms with Gasteiger partial charge in [-0.3, -0.25) is 23.7 Å². The number of nitrogens with zero attached hydrogens (tertiary/aromatic N) is 6. The van der Waals surface area contributed by atoms with Gasteiger partial charge in [0, 0.05) is 79.1 Å². The van der Waals surface area contributed by atoms with Gasteiger partial charge in [-0.05, 0) is 72.8 Å². The van der Waals surface area contributed by atoms with E-state index in [1.54, 1.807) is 72.9 Å². The molecule has 10 nitrogen and oxygen atoms in total. The molecular weight excluding hydrogens is 824 g/mol. The van der Waals surface area contributed by atoms with Crippen molar-refractivity contribution in [2.45, 2.75) is 27.7 Å². The molecular formula is C43H34Br2N6O4. The fourth-order valence-corrected chi connectivity index (χ4v) is 6.60. The predicted molar refractivity (Wildman–Crippen MR) is 221 cm³/mol. The number of rotatable bonds is 6. The fourth-order valence-electron chi connectivity index (χ4n) is 5.88. The number of carbonyl (C=O) groups is 2. The molecule has 0 saturated heterocycles. The largest absolute Gasteiger partial charge is 0.496 e. The van der Waals surface area contributed by atoms with E-state index in [1.807, 2.05) is 57.2 Å². The van der Waals surface area contributed by atoms with Crippen LogP contribution in [-0.4, -0.2) is 40.2 Å². The van der Waals surface area contributed by atoms with Crippen molar-refractivity contribution in [2.75, 3.05) is 14.2 Å². The van der Waals surface area contributed by atoms with Crippen LogP contribution in [0, 0.1) is 39.4 Å². The maximum atomic E-state index is 13.0. The number of allylic oxidation sites excluding steroid dienone is 2. The molecule has 3 heterocycles. The molecule has 0 N–H and O–H groups in total. The normalized spacial score (nSPS) is 11.6. The molecule has 0 saturated carbocycles. The summed E-state index contributed by atoms with van der Waals surface area (Å²) in [6, 6.07) is 24.5. The standard InChI is InChI=1S/C22H20BrN3O2.C21H14BrN3O2/c1-22(2,3)21(27)26-13-18(17-10-16(23)5-6-19(17)26)14(11-24)9-15-12-25-8-7-20(15)28-4;1-13(26)25-12-19(18-9-17(22)4-5-20(18)25)16(11-24)8-15-7-14(10-23)3-6-21(15)27-2/h5-10,12-13H,1-4H3;3-9,12H,1-2H3/b14-9+;16-8+. The Morgan fingerprint density at radius 1 is 0.745 bits per heavy atom. The average Bonchev–Trinajstić information content (AvgIpc) is 3.74. The summed E-state index contributed by atoms with van der Waals surface area (Å²) in [6.07, 6.45) is 10.1. The van der Waals surface area contributed by atoms with Gasteiger partial charge >= 0.3 is 0 Å². The maximum absolute atomic E-state index is 13.0. The smallest absolute Gasteiger partial charge is 0.236 e. The third-order valence-electron chi connectivity index (χ3n) is 8.54. The lowest BCUT2D eigenvalue weighted by atomic mass is 9.95. The third kappa shape index (κ3) is 8.60. The lowest BCUT2D eigenvalue weighted by Crippen LogP contribution is -2.26. The van der Waals surface area contributed by atoms with E-state index in [-0.39, 0.29) is 11.8 Å². The van der Waals surface area contributed by atoms with Crippen LogP contribution in [0.25, 0.3) is 45.1 Å². The van der Waals surface area contributed by atoms with E-state index >= 15 is 0 Å². The lowest BCUT2D eigenvalue weighted by molar-refractivity contribution is 0.0772.